The van der Waals surface area contributed by atoms with Gasteiger partial charge in [-0.25, -0.2) is 8.42 Å². The van der Waals surface area contributed by atoms with Crippen LogP contribution in [0.15, 0.2) is 71.6 Å². The minimum absolute atomic E-state index is 0.0439. The van der Waals surface area contributed by atoms with E-state index in [-0.39, 0.29) is 16.8 Å². The number of hydrogen-bond donors (Lipinski definition) is 1. The molecule has 4 rings (SSSR count). The fourth-order valence-electron chi connectivity index (χ4n) is 3.87. The van der Waals surface area contributed by atoms with Gasteiger partial charge in [-0.3, -0.25) is 9.52 Å². The van der Waals surface area contributed by atoms with Gasteiger partial charge in [0.15, 0.2) is 0 Å². The molecular formula is C24H24N2O3S. The van der Waals surface area contributed by atoms with E-state index in [0.29, 0.717) is 17.7 Å². The lowest BCUT2D eigenvalue weighted by molar-refractivity contribution is 0.0981. The van der Waals surface area contributed by atoms with Crippen LogP contribution in [0.3, 0.4) is 0 Å². The van der Waals surface area contributed by atoms with Crippen LogP contribution in [0.2, 0.25) is 0 Å². The van der Waals surface area contributed by atoms with Crippen molar-refractivity contribution in [3.63, 3.8) is 0 Å². The van der Waals surface area contributed by atoms with Gasteiger partial charge in [0.1, 0.15) is 0 Å². The Labute approximate surface area is 177 Å². The smallest absolute Gasteiger partial charge is 0.261 e. The minimum atomic E-state index is -3.73. The number of nitrogens with zero attached hydrogens (tertiary/aromatic N) is 1. The molecule has 5 nitrogen and oxygen atoms in total. The molecule has 154 valence electrons. The van der Waals surface area contributed by atoms with E-state index in [9.17, 15) is 13.2 Å². The number of carbonyl (C=O) groups is 1. The van der Waals surface area contributed by atoms with Crippen molar-refractivity contribution in [3.05, 3.63) is 89.0 Å². The van der Waals surface area contributed by atoms with Crippen molar-refractivity contribution in [2.45, 2.75) is 38.1 Å². The molecule has 1 aliphatic heterocycles. The lowest BCUT2D eigenvalue weighted by Gasteiger charge is -2.23. The number of hydrogen-bond acceptors (Lipinski definition) is 3. The van der Waals surface area contributed by atoms with Crippen LogP contribution in [0.1, 0.15) is 34.0 Å². The Morgan fingerprint density at radius 1 is 1.00 bits per heavy atom. The lowest BCUT2D eigenvalue weighted by atomic mass is 10.1. The number of carbonyl (C=O) groups excluding carboxylic acids is 1. The van der Waals surface area contributed by atoms with Crippen LogP contribution in [-0.4, -0.2) is 20.4 Å². The number of amides is 1. The van der Waals surface area contributed by atoms with Gasteiger partial charge in [-0.2, -0.15) is 0 Å². The molecule has 0 aliphatic carbocycles. The van der Waals surface area contributed by atoms with E-state index in [1.807, 2.05) is 51.1 Å². The Balaban J connectivity index is 1.65. The number of benzene rings is 3. The highest BCUT2D eigenvalue weighted by Crippen LogP contribution is 2.35. The molecule has 1 N–H and O–H groups in total. The highest BCUT2D eigenvalue weighted by atomic mass is 32.2. The largest absolute Gasteiger partial charge is 0.305 e. The van der Waals surface area contributed by atoms with E-state index in [4.69, 9.17) is 0 Å². The van der Waals surface area contributed by atoms with Gasteiger partial charge in [0.2, 0.25) is 0 Å². The first-order chi connectivity index (χ1) is 14.3. The lowest BCUT2D eigenvalue weighted by Crippen LogP contribution is -2.35. The number of nitrogens with one attached hydrogen (secondary N) is 1. The molecule has 1 aliphatic rings. The third-order valence-electron chi connectivity index (χ3n) is 5.67. The summed E-state index contributed by atoms with van der Waals surface area (Å²) in [5.41, 5.74) is 4.73. The van der Waals surface area contributed by atoms with Gasteiger partial charge in [0, 0.05) is 17.3 Å². The highest BCUT2D eigenvalue weighted by Gasteiger charge is 2.32. The first-order valence-corrected chi connectivity index (χ1v) is 11.4. The molecule has 0 radical (unpaired) electrons. The third-order valence-corrected chi connectivity index (χ3v) is 7.03. The van der Waals surface area contributed by atoms with Crippen LogP contribution >= 0.6 is 0 Å². The van der Waals surface area contributed by atoms with Crippen molar-refractivity contribution in [2.75, 3.05) is 9.62 Å². The van der Waals surface area contributed by atoms with E-state index in [0.717, 1.165) is 22.4 Å². The highest BCUT2D eigenvalue weighted by molar-refractivity contribution is 7.92. The minimum Gasteiger partial charge on any atom is -0.305 e. The summed E-state index contributed by atoms with van der Waals surface area (Å²) >= 11 is 0. The van der Waals surface area contributed by atoms with Crippen molar-refractivity contribution >= 4 is 27.3 Å². The molecule has 0 saturated heterocycles. The van der Waals surface area contributed by atoms with Gasteiger partial charge in [-0.15, -0.1) is 0 Å². The number of sulfonamides is 1. The first-order valence-electron chi connectivity index (χ1n) is 9.88. The number of anilines is 2. The Kier molecular flexibility index (Phi) is 5.12. The monoisotopic (exact) mass is 420 g/mol. The van der Waals surface area contributed by atoms with E-state index in [1.165, 1.54) is 0 Å². The topological polar surface area (TPSA) is 66.5 Å². The summed E-state index contributed by atoms with van der Waals surface area (Å²) in [6, 6.07) is 19.6. The van der Waals surface area contributed by atoms with Crippen molar-refractivity contribution in [3.8, 4) is 0 Å². The van der Waals surface area contributed by atoms with E-state index in [1.54, 1.807) is 41.3 Å². The van der Waals surface area contributed by atoms with Gasteiger partial charge in [-0.1, -0.05) is 30.3 Å². The average Bonchev–Trinajstić information content (AvgIpc) is 3.06. The Hall–Kier alpha value is -3.12. The molecule has 6 heteroatoms. The summed E-state index contributed by atoms with van der Waals surface area (Å²) in [6.45, 7) is 5.82. The molecular weight excluding hydrogens is 396 g/mol. The normalized spacial score (nSPS) is 15.7. The molecule has 0 fully saturated rings. The molecule has 0 spiro atoms. The Morgan fingerprint density at radius 2 is 1.73 bits per heavy atom. The summed E-state index contributed by atoms with van der Waals surface area (Å²) in [7, 11) is -3.73. The van der Waals surface area contributed by atoms with Crippen LogP contribution in [0.4, 0.5) is 11.4 Å². The maximum Gasteiger partial charge on any atom is 0.261 e. The molecule has 0 saturated carbocycles. The standard InChI is InChI=1S/C24H24N2O3S/c1-16-8-7-11-22(18(16)3)25-30(28,29)21-12-13-23-20(15-21)14-17(2)26(23)24(27)19-9-5-4-6-10-19/h4-13,15,17,25H,14H2,1-3H3/t17-/m0/s1. The number of aryl methyl sites for hydroxylation is 1. The zero-order valence-electron chi connectivity index (χ0n) is 17.2. The van der Waals surface area contributed by atoms with Crippen molar-refractivity contribution in [1.29, 1.82) is 0 Å². The zero-order chi connectivity index (χ0) is 21.5. The molecule has 3 aromatic carbocycles. The van der Waals surface area contributed by atoms with Crippen LogP contribution in [0.5, 0.6) is 0 Å². The summed E-state index contributed by atoms with van der Waals surface area (Å²) < 4.78 is 28.7. The number of rotatable bonds is 4. The number of fused-ring (bicyclic) bond motifs is 1. The van der Waals surface area contributed by atoms with Gasteiger partial charge in [0.05, 0.1) is 10.6 Å². The van der Waals surface area contributed by atoms with Gasteiger partial charge < -0.3 is 4.90 Å². The molecule has 1 atom stereocenters. The molecule has 30 heavy (non-hydrogen) atoms. The van der Waals surface area contributed by atoms with Crippen molar-refractivity contribution < 1.29 is 13.2 Å². The Morgan fingerprint density at radius 3 is 2.47 bits per heavy atom. The molecule has 1 amide bonds. The van der Waals surface area contributed by atoms with Crippen LogP contribution < -0.4 is 9.62 Å². The molecule has 3 aromatic rings. The quantitative estimate of drug-likeness (QED) is 0.666. The van der Waals surface area contributed by atoms with E-state index in [2.05, 4.69) is 4.72 Å². The second kappa shape index (κ2) is 7.61. The van der Waals surface area contributed by atoms with Crippen LogP contribution in [0.25, 0.3) is 0 Å². The van der Waals surface area contributed by atoms with E-state index >= 15 is 0 Å². The average molecular weight is 421 g/mol. The molecule has 0 aromatic heterocycles. The van der Waals surface area contributed by atoms with Crippen molar-refractivity contribution in [1.82, 2.24) is 0 Å². The van der Waals surface area contributed by atoms with Crippen molar-refractivity contribution in [2.24, 2.45) is 0 Å². The summed E-state index contributed by atoms with van der Waals surface area (Å²) in [5, 5.41) is 0. The summed E-state index contributed by atoms with van der Waals surface area (Å²) in [5.74, 6) is -0.0778. The first kappa shape index (κ1) is 20.2. The molecule has 0 unspecified atom stereocenters. The van der Waals surface area contributed by atoms with Crippen LogP contribution in [-0.2, 0) is 16.4 Å². The predicted octanol–water partition coefficient (Wildman–Crippen LogP) is 4.70. The van der Waals surface area contributed by atoms with Crippen LogP contribution in [0, 0.1) is 13.8 Å². The summed E-state index contributed by atoms with van der Waals surface area (Å²) in [6.07, 6.45) is 0.612. The second-order valence-corrected chi connectivity index (χ2v) is 9.42. The Bertz CT molecular complexity index is 1220. The van der Waals surface area contributed by atoms with E-state index < -0.39 is 10.0 Å². The maximum absolute atomic E-state index is 13.0. The SMILES string of the molecule is Cc1cccc(NS(=O)(=O)c2ccc3c(c2)C[C@H](C)N3C(=O)c2ccccc2)c1C. The second-order valence-electron chi connectivity index (χ2n) is 7.74. The third kappa shape index (κ3) is 3.59. The fourth-order valence-corrected chi connectivity index (χ4v) is 5.04. The molecule has 0 bridgehead atoms. The van der Waals surface area contributed by atoms with Gasteiger partial charge in [-0.05, 0) is 80.3 Å². The maximum atomic E-state index is 13.0. The molecule has 1 heterocycles. The predicted molar refractivity (Wildman–Crippen MR) is 120 cm³/mol. The fraction of sp³-hybridized carbons (Fsp3) is 0.208. The summed E-state index contributed by atoms with van der Waals surface area (Å²) in [4.78, 5) is 15.0. The zero-order valence-corrected chi connectivity index (χ0v) is 18.0. The van der Waals surface area contributed by atoms with Gasteiger partial charge in [0.25, 0.3) is 15.9 Å². The van der Waals surface area contributed by atoms with Gasteiger partial charge >= 0.3 is 0 Å².